The molecule has 4 atom stereocenters. The van der Waals surface area contributed by atoms with Crippen LogP contribution in [0, 0.1) is 0 Å². The largest absolute Gasteiger partial charge is 0.394 e. The molecule has 136 valence electrons. The van der Waals surface area contributed by atoms with Crippen molar-refractivity contribution in [2.24, 2.45) is 0 Å². The standard InChI is InChI=1S/C18H34O5/c1-2-3-4-5-6-7-8-9-10-11-12-22-16(13-19)18-17(21)15(20)14-23-18/h9-10,15-21H,2-8,11-14H2,1H3/b10-9+/t15-,16+,17+,18+/m0/s1. The fraction of sp³-hybridized carbons (Fsp3) is 0.889. The van der Waals surface area contributed by atoms with E-state index in [1.807, 2.05) is 0 Å². The summed E-state index contributed by atoms with van der Waals surface area (Å²) in [5.74, 6) is 0. The van der Waals surface area contributed by atoms with E-state index in [4.69, 9.17) is 9.47 Å². The topological polar surface area (TPSA) is 79.2 Å². The molecule has 23 heavy (non-hydrogen) atoms. The van der Waals surface area contributed by atoms with Gasteiger partial charge < -0.3 is 24.8 Å². The van der Waals surface area contributed by atoms with E-state index >= 15 is 0 Å². The van der Waals surface area contributed by atoms with Crippen LogP contribution in [-0.4, -0.2) is 59.6 Å². The zero-order valence-corrected chi connectivity index (χ0v) is 14.4. The third-order valence-corrected chi connectivity index (χ3v) is 4.24. The molecule has 0 aromatic rings. The summed E-state index contributed by atoms with van der Waals surface area (Å²) >= 11 is 0. The Balaban J connectivity index is 2.03. The Morgan fingerprint density at radius 3 is 2.43 bits per heavy atom. The molecular formula is C18H34O5. The molecule has 1 aliphatic rings. The van der Waals surface area contributed by atoms with Crippen molar-refractivity contribution < 1.29 is 24.8 Å². The first-order valence-corrected chi connectivity index (χ1v) is 9.05. The number of hydrogen-bond acceptors (Lipinski definition) is 5. The average molecular weight is 330 g/mol. The quantitative estimate of drug-likeness (QED) is 0.356. The summed E-state index contributed by atoms with van der Waals surface area (Å²) < 4.78 is 10.8. The number of unbranched alkanes of at least 4 members (excludes halogenated alkanes) is 6. The highest BCUT2D eigenvalue weighted by Gasteiger charge is 2.40. The molecule has 0 bridgehead atoms. The first kappa shape index (κ1) is 20.6. The molecule has 1 fully saturated rings. The van der Waals surface area contributed by atoms with E-state index in [1.165, 1.54) is 38.5 Å². The molecular weight excluding hydrogens is 296 g/mol. The molecule has 1 heterocycles. The summed E-state index contributed by atoms with van der Waals surface area (Å²) in [4.78, 5) is 0. The van der Waals surface area contributed by atoms with Gasteiger partial charge >= 0.3 is 0 Å². The second kappa shape index (κ2) is 12.9. The van der Waals surface area contributed by atoms with Gasteiger partial charge in [0.25, 0.3) is 0 Å². The van der Waals surface area contributed by atoms with Crippen molar-refractivity contribution in [1.29, 1.82) is 0 Å². The van der Waals surface area contributed by atoms with Gasteiger partial charge in [-0.3, -0.25) is 0 Å². The molecule has 5 nitrogen and oxygen atoms in total. The molecule has 1 rings (SSSR count). The Hall–Kier alpha value is -0.460. The minimum absolute atomic E-state index is 0.0872. The van der Waals surface area contributed by atoms with Gasteiger partial charge in [-0.1, -0.05) is 51.2 Å². The molecule has 0 saturated carbocycles. The number of hydrogen-bond donors (Lipinski definition) is 3. The second-order valence-corrected chi connectivity index (χ2v) is 6.26. The highest BCUT2D eigenvalue weighted by Crippen LogP contribution is 2.19. The van der Waals surface area contributed by atoms with E-state index in [-0.39, 0.29) is 13.2 Å². The van der Waals surface area contributed by atoms with Crippen LogP contribution in [0.4, 0.5) is 0 Å². The van der Waals surface area contributed by atoms with Gasteiger partial charge in [0.1, 0.15) is 24.4 Å². The lowest BCUT2D eigenvalue weighted by Gasteiger charge is -2.24. The SMILES string of the molecule is CCCCCCCC/C=C/CCO[C@H](CO)[C@H]1OC[C@H](O)[C@H]1O. The number of rotatable bonds is 13. The van der Waals surface area contributed by atoms with Gasteiger partial charge in [-0.15, -0.1) is 0 Å². The van der Waals surface area contributed by atoms with Crippen molar-refractivity contribution in [2.45, 2.75) is 82.7 Å². The van der Waals surface area contributed by atoms with Crippen molar-refractivity contribution >= 4 is 0 Å². The van der Waals surface area contributed by atoms with Crippen LogP contribution in [0.15, 0.2) is 12.2 Å². The van der Waals surface area contributed by atoms with Crippen molar-refractivity contribution in [1.82, 2.24) is 0 Å². The van der Waals surface area contributed by atoms with Crippen LogP contribution in [0.2, 0.25) is 0 Å². The summed E-state index contributed by atoms with van der Waals surface area (Å²) in [5, 5.41) is 28.5. The fourth-order valence-corrected chi connectivity index (χ4v) is 2.77. The highest BCUT2D eigenvalue weighted by atomic mass is 16.6. The van der Waals surface area contributed by atoms with Gasteiger partial charge in [0.2, 0.25) is 0 Å². The predicted octanol–water partition coefficient (Wildman–Crippen LogP) is 2.18. The molecule has 0 amide bonds. The summed E-state index contributed by atoms with van der Waals surface area (Å²) in [6.45, 7) is 2.56. The Labute approximate surface area is 140 Å². The van der Waals surface area contributed by atoms with Crippen molar-refractivity contribution in [2.75, 3.05) is 19.8 Å². The lowest BCUT2D eigenvalue weighted by atomic mass is 10.1. The maximum absolute atomic E-state index is 9.76. The molecule has 0 aromatic heterocycles. The van der Waals surface area contributed by atoms with Gasteiger partial charge in [-0.05, 0) is 19.3 Å². The lowest BCUT2D eigenvalue weighted by molar-refractivity contribution is -0.0996. The van der Waals surface area contributed by atoms with Gasteiger partial charge in [-0.25, -0.2) is 0 Å². The molecule has 5 heteroatoms. The van der Waals surface area contributed by atoms with Crippen LogP contribution in [0.3, 0.4) is 0 Å². The Morgan fingerprint density at radius 2 is 1.78 bits per heavy atom. The van der Waals surface area contributed by atoms with Gasteiger partial charge in [0.05, 0.1) is 19.8 Å². The Kier molecular flexibility index (Phi) is 11.5. The van der Waals surface area contributed by atoms with Crippen molar-refractivity contribution in [3.63, 3.8) is 0 Å². The van der Waals surface area contributed by atoms with Crippen molar-refractivity contribution in [3.8, 4) is 0 Å². The van der Waals surface area contributed by atoms with E-state index in [2.05, 4.69) is 19.1 Å². The Morgan fingerprint density at radius 1 is 1.09 bits per heavy atom. The van der Waals surface area contributed by atoms with Crippen LogP contribution >= 0.6 is 0 Å². The molecule has 0 unspecified atom stereocenters. The van der Waals surface area contributed by atoms with E-state index in [1.54, 1.807) is 0 Å². The zero-order valence-electron chi connectivity index (χ0n) is 14.4. The maximum Gasteiger partial charge on any atom is 0.114 e. The average Bonchev–Trinajstić information content (AvgIpc) is 2.88. The minimum Gasteiger partial charge on any atom is -0.394 e. The maximum atomic E-state index is 9.76. The van der Waals surface area contributed by atoms with Crippen LogP contribution in [0.25, 0.3) is 0 Å². The smallest absolute Gasteiger partial charge is 0.114 e. The monoisotopic (exact) mass is 330 g/mol. The molecule has 0 aromatic carbocycles. The molecule has 0 radical (unpaired) electrons. The lowest BCUT2D eigenvalue weighted by Crippen LogP contribution is -2.42. The second-order valence-electron chi connectivity index (χ2n) is 6.26. The van der Waals surface area contributed by atoms with Crippen LogP contribution < -0.4 is 0 Å². The fourth-order valence-electron chi connectivity index (χ4n) is 2.77. The molecule has 0 spiro atoms. The summed E-state index contributed by atoms with van der Waals surface area (Å²) in [7, 11) is 0. The summed E-state index contributed by atoms with van der Waals surface area (Å²) in [6.07, 6.45) is 10.9. The number of allylic oxidation sites excluding steroid dienone is 1. The van der Waals surface area contributed by atoms with E-state index in [0.717, 1.165) is 12.8 Å². The van der Waals surface area contributed by atoms with Gasteiger partial charge in [0.15, 0.2) is 0 Å². The summed E-state index contributed by atoms with van der Waals surface area (Å²) in [6, 6.07) is 0. The predicted molar refractivity (Wildman–Crippen MR) is 90.3 cm³/mol. The zero-order chi connectivity index (χ0) is 16.9. The molecule has 0 aliphatic carbocycles. The van der Waals surface area contributed by atoms with Crippen LogP contribution in [0.5, 0.6) is 0 Å². The minimum atomic E-state index is -0.990. The third-order valence-electron chi connectivity index (χ3n) is 4.24. The molecule has 1 saturated heterocycles. The van der Waals surface area contributed by atoms with E-state index < -0.39 is 24.4 Å². The first-order chi connectivity index (χ1) is 11.2. The van der Waals surface area contributed by atoms with Gasteiger partial charge in [-0.2, -0.15) is 0 Å². The van der Waals surface area contributed by atoms with E-state index in [0.29, 0.717) is 6.61 Å². The number of ether oxygens (including phenoxy) is 2. The van der Waals surface area contributed by atoms with Crippen molar-refractivity contribution in [3.05, 3.63) is 12.2 Å². The van der Waals surface area contributed by atoms with Crippen LogP contribution in [0.1, 0.15) is 58.3 Å². The van der Waals surface area contributed by atoms with E-state index in [9.17, 15) is 15.3 Å². The first-order valence-electron chi connectivity index (χ1n) is 9.05. The summed E-state index contributed by atoms with van der Waals surface area (Å²) in [5.41, 5.74) is 0. The van der Waals surface area contributed by atoms with Gasteiger partial charge in [0, 0.05) is 0 Å². The molecule has 3 N–H and O–H groups in total. The highest BCUT2D eigenvalue weighted by molar-refractivity contribution is 4.89. The third kappa shape index (κ3) is 8.27. The van der Waals surface area contributed by atoms with Crippen LogP contribution in [-0.2, 0) is 9.47 Å². The Bertz CT molecular complexity index is 308. The number of aliphatic hydroxyl groups is 3. The normalized spacial score (nSPS) is 26.2. The molecule has 1 aliphatic heterocycles. The number of aliphatic hydroxyl groups excluding tert-OH is 3.